The number of carbonyl (C=O) groups is 1. The average Bonchev–Trinajstić information content (AvgIpc) is 2.75. The van der Waals surface area contributed by atoms with E-state index in [2.05, 4.69) is 39.8 Å². The van der Waals surface area contributed by atoms with Crippen LogP contribution < -0.4 is 0 Å². The lowest BCUT2D eigenvalue weighted by atomic mass is 9.43. The van der Waals surface area contributed by atoms with Gasteiger partial charge in [-0.3, -0.25) is 4.79 Å². The Balaban J connectivity index is 1.94. The van der Waals surface area contributed by atoms with Gasteiger partial charge >= 0.3 is 0 Å². The Hall–Kier alpha value is -0.850. The number of hydrogen-bond donors (Lipinski definition) is 0. The highest BCUT2D eigenvalue weighted by Crippen LogP contribution is 2.68. The molecule has 4 rings (SSSR count). The van der Waals surface area contributed by atoms with Crippen molar-refractivity contribution < 1.29 is 4.79 Å². The SMILES string of the molecule is CC1=CC[C@@H]2[C@@H](C)CC[C@@H]3CC(=O)[C@@]4(C)CC=C1[C@H]4[C@]32C. The quantitative estimate of drug-likeness (QED) is 0.616. The molecule has 0 N–H and O–H groups in total. The van der Waals surface area contributed by atoms with Gasteiger partial charge in [-0.25, -0.2) is 0 Å². The molecule has 0 saturated heterocycles. The van der Waals surface area contributed by atoms with Crippen LogP contribution in [0.25, 0.3) is 0 Å². The van der Waals surface area contributed by atoms with Crippen LogP contribution in [0.3, 0.4) is 0 Å². The van der Waals surface area contributed by atoms with Crippen molar-refractivity contribution in [3.8, 4) is 0 Å². The smallest absolute Gasteiger partial charge is 0.139 e. The third-order valence-corrected chi connectivity index (χ3v) is 7.85. The van der Waals surface area contributed by atoms with Gasteiger partial charge < -0.3 is 0 Å². The fourth-order valence-electron chi connectivity index (χ4n) is 6.61. The van der Waals surface area contributed by atoms with Crippen molar-refractivity contribution in [2.45, 2.75) is 59.8 Å². The molecule has 0 aromatic carbocycles. The zero-order valence-electron chi connectivity index (χ0n) is 13.9. The predicted molar refractivity (Wildman–Crippen MR) is 85.8 cm³/mol. The van der Waals surface area contributed by atoms with Crippen LogP contribution in [0.5, 0.6) is 0 Å². The first kappa shape index (κ1) is 13.8. The molecule has 4 aliphatic carbocycles. The minimum atomic E-state index is -0.116. The molecular weight excluding hydrogens is 256 g/mol. The molecule has 0 spiro atoms. The molecule has 1 nitrogen and oxygen atoms in total. The molecule has 0 aromatic rings. The van der Waals surface area contributed by atoms with E-state index in [1.165, 1.54) is 30.4 Å². The number of hydrogen-bond acceptors (Lipinski definition) is 1. The maximum absolute atomic E-state index is 12.9. The lowest BCUT2D eigenvalue weighted by Gasteiger charge is -2.60. The Kier molecular flexibility index (Phi) is 2.70. The molecule has 114 valence electrons. The lowest BCUT2D eigenvalue weighted by molar-refractivity contribution is -0.155. The molecule has 1 heteroatoms. The zero-order valence-corrected chi connectivity index (χ0v) is 13.9. The highest BCUT2D eigenvalue weighted by Gasteiger charge is 2.64. The summed E-state index contributed by atoms with van der Waals surface area (Å²) in [6, 6.07) is 0. The Bertz CT molecular complexity index is 568. The molecule has 0 bridgehead atoms. The van der Waals surface area contributed by atoms with Gasteiger partial charge in [-0.05, 0) is 54.9 Å². The molecule has 6 atom stereocenters. The van der Waals surface area contributed by atoms with Crippen molar-refractivity contribution in [1.82, 2.24) is 0 Å². The van der Waals surface area contributed by atoms with Gasteiger partial charge in [-0.2, -0.15) is 0 Å². The van der Waals surface area contributed by atoms with Crippen molar-refractivity contribution in [2.75, 3.05) is 0 Å². The molecule has 0 aliphatic heterocycles. The number of rotatable bonds is 0. The van der Waals surface area contributed by atoms with E-state index in [0.717, 1.165) is 24.7 Å². The number of ketones is 1. The average molecular weight is 284 g/mol. The van der Waals surface area contributed by atoms with Crippen molar-refractivity contribution in [3.63, 3.8) is 0 Å². The van der Waals surface area contributed by atoms with Gasteiger partial charge in [-0.1, -0.05) is 44.9 Å². The molecular formula is C20H28O. The van der Waals surface area contributed by atoms with Crippen molar-refractivity contribution >= 4 is 5.78 Å². The number of carbonyl (C=O) groups excluding carboxylic acids is 1. The maximum atomic E-state index is 12.9. The molecule has 4 aliphatic rings. The monoisotopic (exact) mass is 284 g/mol. The first-order valence-electron chi connectivity index (χ1n) is 8.79. The van der Waals surface area contributed by atoms with Crippen molar-refractivity contribution in [1.29, 1.82) is 0 Å². The number of Topliss-reactive ketones (excluding diaryl/α,β-unsaturated/α-hetero) is 1. The summed E-state index contributed by atoms with van der Waals surface area (Å²) in [5.41, 5.74) is 3.20. The molecule has 2 saturated carbocycles. The van der Waals surface area contributed by atoms with E-state index in [1.807, 2.05) is 0 Å². The van der Waals surface area contributed by atoms with Gasteiger partial charge in [0.1, 0.15) is 5.78 Å². The Labute approximate surface area is 128 Å². The second-order valence-electron chi connectivity index (χ2n) is 8.69. The van der Waals surface area contributed by atoms with E-state index in [9.17, 15) is 4.79 Å². The lowest BCUT2D eigenvalue weighted by Crippen LogP contribution is -2.57. The summed E-state index contributed by atoms with van der Waals surface area (Å²) >= 11 is 0. The van der Waals surface area contributed by atoms with Crippen LogP contribution in [0.15, 0.2) is 23.3 Å². The Morgan fingerprint density at radius 1 is 1.19 bits per heavy atom. The van der Waals surface area contributed by atoms with Crippen LogP contribution in [-0.2, 0) is 4.79 Å². The van der Waals surface area contributed by atoms with Crippen LogP contribution >= 0.6 is 0 Å². The van der Waals surface area contributed by atoms with E-state index in [4.69, 9.17) is 0 Å². The predicted octanol–water partition coefficient (Wildman–Crippen LogP) is 4.93. The van der Waals surface area contributed by atoms with E-state index in [1.54, 1.807) is 0 Å². The fourth-order valence-corrected chi connectivity index (χ4v) is 6.61. The summed E-state index contributed by atoms with van der Waals surface area (Å²) in [7, 11) is 0. The zero-order chi connectivity index (χ0) is 15.0. The minimum absolute atomic E-state index is 0.116. The highest BCUT2D eigenvalue weighted by atomic mass is 16.1. The first-order valence-corrected chi connectivity index (χ1v) is 8.79. The summed E-state index contributed by atoms with van der Waals surface area (Å²) in [6.07, 6.45) is 10.5. The van der Waals surface area contributed by atoms with Crippen LogP contribution in [0.4, 0.5) is 0 Å². The fraction of sp³-hybridized carbons (Fsp3) is 0.750. The highest BCUT2D eigenvalue weighted by molar-refractivity contribution is 5.88. The molecule has 21 heavy (non-hydrogen) atoms. The van der Waals surface area contributed by atoms with Crippen LogP contribution in [-0.4, -0.2) is 5.78 Å². The van der Waals surface area contributed by atoms with Crippen LogP contribution in [0, 0.1) is 34.5 Å². The molecule has 0 amide bonds. The minimum Gasteiger partial charge on any atom is -0.299 e. The van der Waals surface area contributed by atoms with E-state index in [-0.39, 0.29) is 5.41 Å². The molecule has 0 unspecified atom stereocenters. The van der Waals surface area contributed by atoms with Gasteiger partial charge in [0.25, 0.3) is 0 Å². The first-order chi connectivity index (χ1) is 9.89. The summed E-state index contributed by atoms with van der Waals surface area (Å²) < 4.78 is 0. The normalized spacial score (nSPS) is 51.9. The van der Waals surface area contributed by atoms with Gasteiger partial charge in [0.15, 0.2) is 0 Å². The van der Waals surface area contributed by atoms with Crippen molar-refractivity contribution in [3.05, 3.63) is 23.3 Å². The van der Waals surface area contributed by atoms with Gasteiger partial charge in [0.05, 0.1) is 0 Å². The third kappa shape index (κ3) is 1.51. The summed E-state index contributed by atoms with van der Waals surface area (Å²) in [5.74, 6) is 3.19. The number of allylic oxidation sites excluding steroid dienone is 4. The van der Waals surface area contributed by atoms with E-state index < -0.39 is 0 Å². The molecule has 0 heterocycles. The van der Waals surface area contributed by atoms with Gasteiger partial charge in [-0.15, -0.1) is 0 Å². The van der Waals surface area contributed by atoms with Gasteiger partial charge in [0, 0.05) is 17.8 Å². The van der Waals surface area contributed by atoms with Crippen LogP contribution in [0.1, 0.15) is 59.8 Å². The Morgan fingerprint density at radius 2 is 1.95 bits per heavy atom. The molecule has 0 aromatic heterocycles. The summed E-state index contributed by atoms with van der Waals surface area (Å²) in [6.45, 7) is 9.53. The Morgan fingerprint density at radius 3 is 2.71 bits per heavy atom. The summed E-state index contributed by atoms with van der Waals surface area (Å²) in [5, 5.41) is 0. The van der Waals surface area contributed by atoms with Gasteiger partial charge in [0.2, 0.25) is 0 Å². The second-order valence-corrected chi connectivity index (χ2v) is 8.69. The third-order valence-electron chi connectivity index (χ3n) is 7.85. The van der Waals surface area contributed by atoms with Crippen LogP contribution in [0.2, 0.25) is 0 Å². The topological polar surface area (TPSA) is 17.1 Å². The maximum Gasteiger partial charge on any atom is 0.139 e. The summed E-state index contributed by atoms with van der Waals surface area (Å²) in [4.78, 5) is 12.9. The molecule has 2 fully saturated rings. The largest absolute Gasteiger partial charge is 0.299 e. The van der Waals surface area contributed by atoms with Crippen molar-refractivity contribution in [2.24, 2.45) is 34.5 Å². The standard InChI is InChI=1S/C20H28O/c1-12-6-8-16-13(2)5-7-14-11-17(21)19(3)10-9-15(12)18(19)20(14,16)4/h6,9,13-14,16,18H,5,7-8,10-11H2,1-4H3/t13-,14+,16+,18+,19+,20+/m0/s1. The second kappa shape index (κ2) is 4.12. The van der Waals surface area contributed by atoms with E-state index in [0.29, 0.717) is 23.0 Å². The molecule has 0 radical (unpaired) electrons. The van der Waals surface area contributed by atoms with E-state index >= 15 is 0 Å².